The van der Waals surface area contributed by atoms with Crippen molar-refractivity contribution >= 4 is 0 Å². The van der Waals surface area contributed by atoms with Crippen molar-refractivity contribution in [2.24, 2.45) is 5.73 Å². The van der Waals surface area contributed by atoms with Crippen LogP contribution >= 0.6 is 0 Å². The van der Waals surface area contributed by atoms with Crippen LogP contribution in [-0.2, 0) is 0 Å². The van der Waals surface area contributed by atoms with Crippen molar-refractivity contribution in [3.8, 4) is 0 Å². The zero-order valence-electron chi connectivity index (χ0n) is 29.1. The Hall–Kier alpha value is -2.62. The van der Waals surface area contributed by atoms with Gasteiger partial charge in [0.05, 0.1) is 0 Å². The third-order valence-corrected chi connectivity index (χ3v) is 8.24. The monoisotopic (exact) mass is 609 g/mol. The third kappa shape index (κ3) is 28.2. The molecule has 44 heavy (non-hydrogen) atoms. The minimum absolute atomic E-state index is 0.177. The van der Waals surface area contributed by atoms with Crippen molar-refractivity contribution in [1.29, 1.82) is 0 Å². The minimum Gasteiger partial charge on any atom is -0.403 e. The first kappa shape index (κ1) is 41.4. The molecule has 0 radical (unpaired) electrons. The van der Waals surface area contributed by atoms with Gasteiger partial charge in [-0.15, -0.1) is 19.7 Å². The number of hydrogen-bond donors (Lipinski definition) is 4. The molecule has 0 rings (SSSR count). The van der Waals surface area contributed by atoms with Crippen molar-refractivity contribution in [3.63, 3.8) is 0 Å². The van der Waals surface area contributed by atoms with Crippen LogP contribution in [0.5, 0.6) is 0 Å². The van der Waals surface area contributed by atoms with Crippen LogP contribution in [0.4, 0.5) is 0 Å². The second kappa shape index (κ2) is 29.1. The molecule has 0 saturated carbocycles. The number of allylic oxidation sites excluding steroid dienone is 5. The number of nitrogens with one attached hydrogen (secondary N) is 3. The molecule has 0 aromatic heterocycles. The van der Waals surface area contributed by atoms with Gasteiger partial charge in [0.15, 0.2) is 0 Å². The van der Waals surface area contributed by atoms with E-state index in [0.29, 0.717) is 5.70 Å². The second-order valence-corrected chi connectivity index (χ2v) is 13.0. The summed E-state index contributed by atoms with van der Waals surface area (Å²) in [5.41, 5.74) is 10.9. The van der Waals surface area contributed by atoms with Gasteiger partial charge in [0, 0.05) is 41.4 Å². The molecule has 0 aliphatic carbocycles. The van der Waals surface area contributed by atoms with Gasteiger partial charge < -0.3 is 21.7 Å². The Kier molecular flexibility index (Phi) is 27.4. The lowest BCUT2D eigenvalue weighted by molar-refractivity contribution is 0.528. The summed E-state index contributed by atoms with van der Waals surface area (Å²) in [5.74, 6) is 0. The van der Waals surface area contributed by atoms with Crippen molar-refractivity contribution in [2.45, 2.75) is 160 Å². The van der Waals surface area contributed by atoms with Gasteiger partial charge in [-0.2, -0.15) is 0 Å². The molecule has 4 nitrogen and oxygen atoms in total. The Balaban J connectivity index is 3.72. The fourth-order valence-electron chi connectivity index (χ4n) is 5.38. The van der Waals surface area contributed by atoms with E-state index in [0.717, 1.165) is 68.6 Å². The predicted molar refractivity (Wildman–Crippen MR) is 199 cm³/mol. The van der Waals surface area contributed by atoms with E-state index in [1.54, 1.807) is 0 Å². The van der Waals surface area contributed by atoms with E-state index >= 15 is 0 Å². The average Bonchev–Trinajstić information content (AvgIpc) is 2.98. The van der Waals surface area contributed by atoms with Crippen LogP contribution in [0.2, 0.25) is 0 Å². The summed E-state index contributed by atoms with van der Waals surface area (Å²) < 4.78 is 0. The average molecular weight is 609 g/mol. The minimum atomic E-state index is 0.177. The van der Waals surface area contributed by atoms with Crippen LogP contribution in [0, 0.1) is 0 Å². The molecule has 0 amide bonds. The molecule has 0 aliphatic rings. The van der Waals surface area contributed by atoms with Gasteiger partial charge >= 0.3 is 0 Å². The van der Waals surface area contributed by atoms with E-state index in [1.807, 2.05) is 12.2 Å². The molecule has 0 heterocycles. The molecule has 2 atom stereocenters. The van der Waals surface area contributed by atoms with Crippen LogP contribution in [0.1, 0.15) is 148 Å². The molecule has 5 N–H and O–H groups in total. The lowest BCUT2D eigenvalue weighted by atomic mass is 10.0. The number of nitrogens with two attached hydrogens (primary N) is 1. The summed E-state index contributed by atoms with van der Waals surface area (Å²) >= 11 is 0. The van der Waals surface area contributed by atoms with E-state index in [1.165, 1.54) is 102 Å². The van der Waals surface area contributed by atoms with Gasteiger partial charge in [-0.3, -0.25) is 0 Å². The van der Waals surface area contributed by atoms with Gasteiger partial charge in [-0.05, 0) is 71.1 Å². The van der Waals surface area contributed by atoms with Crippen LogP contribution in [0.3, 0.4) is 0 Å². The molecule has 252 valence electrons. The summed E-state index contributed by atoms with van der Waals surface area (Å²) in [7, 11) is 0. The molecule has 0 bridgehead atoms. The highest BCUT2D eigenvalue weighted by Crippen LogP contribution is 2.16. The van der Waals surface area contributed by atoms with E-state index in [-0.39, 0.29) is 12.1 Å². The smallest absolute Gasteiger partial charge is 0.0442 e. The topological polar surface area (TPSA) is 62.1 Å². The van der Waals surface area contributed by atoms with Gasteiger partial charge in [0.1, 0.15) is 0 Å². The Labute approximate surface area is 274 Å². The maximum Gasteiger partial charge on any atom is 0.0442 e. The van der Waals surface area contributed by atoms with E-state index in [2.05, 4.69) is 68.9 Å². The Bertz CT molecular complexity index is 823. The summed E-state index contributed by atoms with van der Waals surface area (Å²) in [6.45, 7) is 31.4. The number of unbranched alkanes of at least 4 members (excludes halogenated alkanes) is 13. The van der Waals surface area contributed by atoms with Crippen molar-refractivity contribution in [1.82, 2.24) is 16.0 Å². The van der Waals surface area contributed by atoms with Crippen molar-refractivity contribution in [3.05, 3.63) is 86.6 Å². The highest BCUT2D eigenvalue weighted by molar-refractivity contribution is 5.03. The Morgan fingerprint density at radius 2 is 0.909 bits per heavy atom. The quantitative estimate of drug-likeness (QED) is 0.0433. The van der Waals surface area contributed by atoms with Crippen molar-refractivity contribution in [2.75, 3.05) is 6.54 Å². The third-order valence-electron chi connectivity index (χ3n) is 8.24. The summed E-state index contributed by atoms with van der Waals surface area (Å²) in [5, 5.41) is 10.5. The molecule has 0 fully saturated rings. The van der Waals surface area contributed by atoms with Crippen LogP contribution in [0.15, 0.2) is 86.6 Å². The number of hydrogen-bond acceptors (Lipinski definition) is 4. The first-order valence-electron chi connectivity index (χ1n) is 17.8. The SMILES string of the molecule is C=C[C@H](CCC(=C)N)NC(=C)CCCNC(=C)CC[C@@H](C=C)NC(=C)CCCCCCCCCCCCCCCCC(=C)C. The van der Waals surface area contributed by atoms with E-state index in [4.69, 9.17) is 5.73 Å². The molecule has 0 spiro atoms. The number of rotatable bonds is 34. The standard InChI is InChI=1S/C40H72N4/c1-9-39(31-29-35(5)41)44-38(8)28-25-33-42-36(6)30-32-40(10-2)43-37(7)27-24-22-20-18-16-14-12-11-13-15-17-19-21-23-26-34(3)4/h9-10,39-40,42-44H,1-3,5-8,11-33,41H2,4H3/t39-,40-/m1/s1. The fourth-order valence-corrected chi connectivity index (χ4v) is 5.38. The molecule has 4 heteroatoms. The molecule has 0 saturated heterocycles. The lowest BCUT2D eigenvalue weighted by Crippen LogP contribution is -2.27. The summed E-state index contributed by atoms with van der Waals surface area (Å²) in [4.78, 5) is 0. The Morgan fingerprint density at radius 3 is 1.32 bits per heavy atom. The fraction of sp³-hybridized carbons (Fsp3) is 0.650. The van der Waals surface area contributed by atoms with E-state index < -0.39 is 0 Å². The zero-order chi connectivity index (χ0) is 32.8. The molecular weight excluding hydrogens is 536 g/mol. The molecule has 0 aromatic carbocycles. The second-order valence-electron chi connectivity index (χ2n) is 13.0. The first-order chi connectivity index (χ1) is 21.2. The maximum absolute atomic E-state index is 5.69. The van der Waals surface area contributed by atoms with Gasteiger partial charge in [0.25, 0.3) is 0 Å². The molecule has 0 aliphatic heterocycles. The lowest BCUT2D eigenvalue weighted by Gasteiger charge is -2.20. The molecule has 0 unspecified atom stereocenters. The predicted octanol–water partition coefficient (Wildman–Crippen LogP) is 11.0. The Morgan fingerprint density at radius 1 is 0.523 bits per heavy atom. The molecule has 0 aromatic rings. The van der Waals surface area contributed by atoms with Crippen LogP contribution in [0.25, 0.3) is 0 Å². The first-order valence-corrected chi connectivity index (χ1v) is 17.8. The van der Waals surface area contributed by atoms with Crippen molar-refractivity contribution < 1.29 is 0 Å². The highest BCUT2D eigenvalue weighted by atomic mass is 14.9. The van der Waals surface area contributed by atoms with Crippen LogP contribution in [-0.4, -0.2) is 18.6 Å². The van der Waals surface area contributed by atoms with Gasteiger partial charge in [0.2, 0.25) is 0 Å². The van der Waals surface area contributed by atoms with Gasteiger partial charge in [-0.1, -0.05) is 121 Å². The van der Waals surface area contributed by atoms with Crippen LogP contribution < -0.4 is 21.7 Å². The molecular formula is C40H72N4. The normalized spacial score (nSPS) is 12.1. The van der Waals surface area contributed by atoms with Gasteiger partial charge in [-0.25, -0.2) is 0 Å². The van der Waals surface area contributed by atoms with E-state index in [9.17, 15) is 0 Å². The maximum atomic E-state index is 5.69. The zero-order valence-corrected chi connectivity index (χ0v) is 29.1. The highest BCUT2D eigenvalue weighted by Gasteiger charge is 2.08. The largest absolute Gasteiger partial charge is 0.403 e. The summed E-state index contributed by atoms with van der Waals surface area (Å²) in [6, 6.07) is 0.405. The summed E-state index contributed by atoms with van der Waals surface area (Å²) in [6.07, 6.45) is 30.8.